The molecule has 2 atom stereocenters. The van der Waals surface area contributed by atoms with Crippen LogP contribution >= 0.6 is 23.2 Å². The summed E-state index contributed by atoms with van der Waals surface area (Å²) in [5.41, 5.74) is 1.98. The highest BCUT2D eigenvalue weighted by Crippen LogP contribution is 2.45. The number of pyridine rings is 1. The van der Waals surface area contributed by atoms with Crippen LogP contribution in [0.3, 0.4) is 0 Å². The number of benzene rings is 2. The first-order valence-electron chi connectivity index (χ1n) is 16.5. The van der Waals surface area contributed by atoms with Crippen molar-refractivity contribution in [1.29, 1.82) is 0 Å². The fourth-order valence-electron chi connectivity index (χ4n) is 5.75. The summed E-state index contributed by atoms with van der Waals surface area (Å²) in [6, 6.07) is 10.0. The molecule has 1 saturated heterocycles. The number of hydrogen-bond donors (Lipinski definition) is 3. The summed E-state index contributed by atoms with van der Waals surface area (Å²) in [5.74, 6) is 0.300. The van der Waals surface area contributed by atoms with E-state index in [-0.39, 0.29) is 69.1 Å². The van der Waals surface area contributed by atoms with Crippen molar-refractivity contribution in [2.75, 3.05) is 58.7 Å². The zero-order valence-electron chi connectivity index (χ0n) is 29.4. The number of aromatic nitrogens is 3. The fraction of sp³-hybridized carbons (Fsp3) is 0.324. The first kappa shape index (κ1) is 38.3. The molecule has 0 saturated carbocycles. The quantitative estimate of drug-likeness (QED) is 0.151. The van der Waals surface area contributed by atoms with Crippen LogP contribution in [0.2, 0.25) is 10.0 Å². The number of fused-ring (bicyclic) bond motifs is 1. The summed E-state index contributed by atoms with van der Waals surface area (Å²) in [6.45, 7) is 5.22. The van der Waals surface area contributed by atoms with E-state index >= 15 is 0 Å². The highest BCUT2D eigenvalue weighted by molar-refractivity contribution is 6.41. The molecule has 0 radical (unpaired) electrons. The molecule has 3 heterocycles. The molecule has 2 aromatic carbocycles. The molecule has 5 rings (SSSR count). The summed E-state index contributed by atoms with van der Waals surface area (Å²) >= 11 is 13.5. The van der Waals surface area contributed by atoms with Gasteiger partial charge in [-0.2, -0.15) is 4.98 Å². The van der Waals surface area contributed by atoms with Crippen LogP contribution in [0.5, 0.6) is 11.5 Å². The lowest BCUT2D eigenvalue weighted by molar-refractivity contribution is -0.118. The molecular weight excluding hydrogens is 709 g/mol. The summed E-state index contributed by atoms with van der Waals surface area (Å²) in [4.78, 5) is 50.2. The topological polar surface area (TPSA) is 149 Å². The van der Waals surface area contributed by atoms with E-state index in [1.807, 2.05) is 43.3 Å². The maximum absolute atomic E-state index is 14.5. The van der Waals surface area contributed by atoms with E-state index in [2.05, 4.69) is 27.5 Å². The van der Waals surface area contributed by atoms with Crippen molar-refractivity contribution in [2.24, 2.45) is 0 Å². The van der Waals surface area contributed by atoms with Crippen molar-refractivity contribution in [1.82, 2.24) is 24.8 Å². The van der Waals surface area contributed by atoms with Gasteiger partial charge in [0, 0.05) is 54.7 Å². The number of anilines is 2. The molecule has 3 N–H and O–H groups in total. The number of amides is 2. The Kier molecular flexibility index (Phi) is 12.9. The average molecular weight is 751 g/mol. The fourth-order valence-corrected chi connectivity index (χ4v) is 6.45. The largest absolute Gasteiger partial charge is 0.495 e. The number of halogens is 2. The first-order valence-corrected chi connectivity index (χ1v) is 17.3. The molecule has 2 amide bonds. The van der Waals surface area contributed by atoms with Crippen molar-refractivity contribution in [3.63, 3.8) is 0 Å². The highest BCUT2D eigenvalue weighted by Gasteiger charge is 2.28. The van der Waals surface area contributed by atoms with Crippen molar-refractivity contribution in [3.8, 4) is 22.6 Å². The van der Waals surface area contributed by atoms with E-state index in [0.29, 0.717) is 49.3 Å². The van der Waals surface area contributed by atoms with Gasteiger partial charge in [-0.25, -0.2) is 4.98 Å². The van der Waals surface area contributed by atoms with Gasteiger partial charge in [0.15, 0.2) is 0 Å². The zero-order valence-corrected chi connectivity index (χ0v) is 30.9. The van der Waals surface area contributed by atoms with Crippen LogP contribution in [-0.2, 0) is 27.3 Å². The molecule has 0 spiro atoms. The molecule has 4 aromatic rings. The Morgan fingerprint density at radius 1 is 1.08 bits per heavy atom. The van der Waals surface area contributed by atoms with Gasteiger partial charge in [-0.15, -0.1) is 0 Å². The second-order valence-electron chi connectivity index (χ2n) is 12.3. The van der Waals surface area contributed by atoms with Crippen LogP contribution in [0.4, 0.5) is 11.6 Å². The lowest BCUT2D eigenvalue weighted by Gasteiger charge is -2.32. The first-order chi connectivity index (χ1) is 25.0. The van der Waals surface area contributed by atoms with Crippen molar-refractivity contribution < 1.29 is 23.8 Å². The summed E-state index contributed by atoms with van der Waals surface area (Å²) in [7, 11) is 6.77. The van der Waals surface area contributed by atoms with E-state index in [9.17, 15) is 14.4 Å². The van der Waals surface area contributed by atoms with Gasteiger partial charge >= 0.3 is 0 Å². The molecule has 274 valence electrons. The van der Waals surface area contributed by atoms with Crippen LogP contribution in [0.15, 0.2) is 72.2 Å². The second-order valence-corrected chi connectivity index (χ2v) is 13.1. The normalized spacial score (nSPS) is 15.8. The van der Waals surface area contributed by atoms with Gasteiger partial charge < -0.3 is 35.1 Å². The lowest BCUT2D eigenvalue weighted by atomic mass is 10.0. The van der Waals surface area contributed by atoms with Gasteiger partial charge in [-0.1, -0.05) is 48.0 Å². The smallest absolute Gasteiger partial charge is 0.260 e. The van der Waals surface area contributed by atoms with Crippen molar-refractivity contribution in [2.45, 2.75) is 31.5 Å². The monoisotopic (exact) mass is 749 g/mol. The Hall–Kier alpha value is -4.95. The molecule has 52 heavy (non-hydrogen) atoms. The molecule has 13 nitrogen and oxygen atoms in total. The summed E-state index contributed by atoms with van der Waals surface area (Å²) in [5, 5.41) is 9.91. The third-order valence-electron chi connectivity index (χ3n) is 8.44. The van der Waals surface area contributed by atoms with E-state index in [1.54, 1.807) is 29.0 Å². The Balaban J connectivity index is 1.51. The summed E-state index contributed by atoms with van der Waals surface area (Å²) in [6.07, 6.45) is 7.14. The van der Waals surface area contributed by atoms with Gasteiger partial charge in [0.25, 0.3) is 5.56 Å². The van der Waals surface area contributed by atoms with Gasteiger partial charge in [-0.3, -0.25) is 19.0 Å². The third-order valence-corrected chi connectivity index (χ3v) is 9.19. The number of nitrogens with one attached hydrogen (secondary N) is 3. The number of aryl methyl sites for hydroxylation is 2. The maximum atomic E-state index is 14.5. The van der Waals surface area contributed by atoms with Crippen LogP contribution in [0, 0.1) is 0 Å². The van der Waals surface area contributed by atoms with Crippen LogP contribution in [-0.4, -0.2) is 91.4 Å². The average Bonchev–Trinajstić information content (AvgIpc) is 3.13. The molecule has 1 aliphatic rings. The predicted molar refractivity (Wildman–Crippen MR) is 204 cm³/mol. The number of carbonyl (C=O) groups excluding carboxylic acids is 2. The molecule has 0 bridgehead atoms. The molecule has 2 aromatic heterocycles. The molecular formula is C37H41Cl2N7O6. The van der Waals surface area contributed by atoms with Gasteiger partial charge in [0.05, 0.1) is 48.5 Å². The SMILES string of the molecule is C=CC(=O)N[C@H]1CCOC[C@H]1Nc1ncc2cc(-c3c(Cl)c(OC)cc(OC)c3Cl)c(=O)n(CCc3ccc(NC(=O)/C=C/CN(C)C)cc3)c2n1. The minimum Gasteiger partial charge on any atom is -0.495 e. The minimum absolute atomic E-state index is 0.148. The predicted octanol–water partition coefficient (Wildman–Crippen LogP) is 4.95. The Labute approximate surface area is 311 Å². The summed E-state index contributed by atoms with van der Waals surface area (Å²) < 4.78 is 18.2. The molecule has 1 aliphatic heterocycles. The number of nitrogens with zero attached hydrogens (tertiary/aromatic N) is 4. The van der Waals surface area contributed by atoms with Gasteiger partial charge in [-0.05, 0) is 56.8 Å². The molecule has 15 heteroatoms. The Morgan fingerprint density at radius 2 is 1.79 bits per heavy atom. The van der Waals surface area contributed by atoms with E-state index < -0.39 is 5.56 Å². The van der Waals surface area contributed by atoms with E-state index in [1.165, 1.54) is 26.4 Å². The van der Waals surface area contributed by atoms with Gasteiger partial charge in [0.2, 0.25) is 17.8 Å². The van der Waals surface area contributed by atoms with Crippen molar-refractivity contribution in [3.05, 3.63) is 93.4 Å². The number of methoxy groups -OCH3 is 2. The lowest BCUT2D eigenvalue weighted by Crippen LogP contribution is -2.52. The molecule has 0 unspecified atom stereocenters. The molecule has 1 fully saturated rings. The van der Waals surface area contributed by atoms with E-state index in [0.717, 1.165) is 5.56 Å². The highest BCUT2D eigenvalue weighted by atomic mass is 35.5. The number of rotatable bonds is 14. The zero-order chi connectivity index (χ0) is 37.4. The minimum atomic E-state index is -0.401. The van der Waals surface area contributed by atoms with Gasteiger partial charge in [0.1, 0.15) is 17.1 Å². The van der Waals surface area contributed by atoms with Crippen molar-refractivity contribution >= 4 is 57.7 Å². The second kappa shape index (κ2) is 17.5. The Bertz CT molecular complexity index is 2010. The maximum Gasteiger partial charge on any atom is 0.260 e. The standard InChI is InChI=1S/C37H41Cl2N7O6/c1-6-30(47)42-26-14-17-52-21-27(26)43-37-40-20-23-18-25(32-33(38)28(50-4)19-29(51-5)34(32)39)36(49)46(35(23)44-37)16-13-22-9-11-24(12-10-22)41-31(48)8-7-15-45(2)3/h6-12,18-20,26-27H,1,13-17,21H2,2-5H3,(H,41,48)(H,42,47)(H,40,43,44)/b8-7+/t26-,27+/m0/s1. The number of hydrogen-bond acceptors (Lipinski definition) is 10. The number of ether oxygens (including phenoxy) is 3. The number of carbonyl (C=O) groups is 2. The van der Waals surface area contributed by atoms with Crippen LogP contribution in [0.1, 0.15) is 12.0 Å². The molecule has 0 aliphatic carbocycles. The number of likely N-dealkylation sites (N-methyl/N-ethyl adjacent to an activating group) is 1. The van der Waals surface area contributed by atoms with E-state index in [4.69, 9.17) is 42.4 Å². The Morgan fingerprint density at radius 3 is 2.44 bits per heavy atom. The van der Waals surface area contributed by atoms with Crippen LogP contribution in [0.25, 0.3) is 22.2 Å². The third kappa shape index (κ3) is 9.09. The van der Waals surface area contributed by atoms with Crippen LogP contribution < -0.4 is 31.0 Å².